The molecule has 0 saturated heterocycles. The highest BCUT2D eigenvalue weighted by molar-refractivity contribution is 4.73. The average Bonchev–Trinajstić information content (AvgIpc) is 2.41. The molecule has 1 rings (SSSR count). The van der Waals surface area contributed by atoms with E-state index in [9.17, 15) is 5.11 Å². The molecule has 0 amide bonds. The van der Waals surface area contributed by atoms with Gasteiger partial charge in [0.25, 0.3) is 0 Å². The molecule has 0 spiro atoms. The van der Waals surface area contributed by atoms with Gasteiger partial charge in [-0.25, -0.2) is 0 Å². The van der Waals surface area contributed by atoms with Crippen LogP contribution in [-0.4, -0.2) is 50.7 Å². The largest absolute Gasteiger partial charge is 0.389 e. The van der Waals surface area contributed by atoms with E-state index in [0.29, 0.717) is 25.9 Å². The molecule has 108 valence electrons. The van der Waals surface area contributed by atoms with Crippen LogP contribution >= 0.6 is 0 Å². The van der Waals surface area contributed by atoms with E-state index in [4.69, 9.17) is 9.47 Å². The maximum Gasteiger partial charge on any atom is 0.0897 e. The molecule has 1 aliphatic rings. The van der Waals surface area contributed by atoms with E-state index >= 15 is 0 Å². The molecule has 0 aromatic rings. The van der Waals surface area contributed by atoms with Crippen LogP contribution in [-0.2, 0) is 9.47 Å². The average molecular weight is 259 g/mol. The Hall–Kier alpha value is -0.160. The van der Waals surface area contributed by atoms with E-state index in [1.807, 2.05) is 0 Å². The summed E-state index contributed by atoms with van der Waals surface area (Å²) in [5.74, 6) is 0.820. The first-order valence-electron chi connectivity index (χ1n) is 7.25. The van der Waals surface area contributed by atoms with Gasteiger partial charge in [0.05, 0.1) is 25.4 Å². The van der Waals surface area contributed by atoms with Crippen molar-refractivity contribution in [2.24, 2.45) is 5.92 Å². The Kier molecular flexibility index (Phi) is 8.59. The van der Waals surface area contributed by atoms with E-state index in [0.717, 1.165) is 18.9 Å². The lowest BCUT2D eigenvalue weighted by molar-refractivity contribution is -0.0325. The van der Waals surface area contributed by atoms with Gasteiger partial charge in [0.2, 0.25) is 0 Å². The molecule has 1 fully saturated rings. The predicted octanol–water partition coefficient (Wildman–Crippen LogP) is 1.57. The lowest BCUT2D eigenvalue weighted by Gasteiger charge is -2.29. The summed E-state index contributed by atoms with van der Waals surface area (Å²) in [6.45, 7) is 4.72. The van der Waals surface area contributed by atoms with Crippen molar-refractivity contribution >= 4 is 0 Å². The van der Waals surface area contributed by atoms with Crippen LogP contribution in [0, 0.1) is 5.92 Å². The first-order valence-corrected chi connectivity index (χ1v) is 7.25. The Balaban J connectivity index is 2.04. The van der Waals surface area contributed by atoms with Crippen molar-refractivity contribution in [1.82, 2.24) is 5.32 Å². The van der Waals surface area contributed by atoms with Gasteiger partial charge in [-0.3, -0.25) is 0 Å². The van der Waals surface area contributed by atoms with Crippen LogP contribution in [0.25, 0.3) is 0 Å². The smallest absolute Gasteiger partial charge is 0.0897 e. The Bertz CT molecular complexity index is 201. The number of hydrogen-bond donors (Lipinski definition) is 2. The van der Waals surface area contributed by atoms with Crippen molar-refractivity contribution in [2.45, 2.75) is 51.2 Å². The first-order chi connectivity index (χ1) is 8.76. The molecule has 1 saturated carbocycles. The lowest BCUT2D eigenvalue weighted by atomic mass is 9.85. The highest BCUT2D eigenvalue weighted by Gasteiger charge is 2.21. The van der Waals surface area contributed by atoms with Crippen molar-refractivity contribution in [3.63, 3.8) is 0 Å². The molecule has 1 aliphatic carbocycles. The normalized spacial score (nSPS) is 26.2. The SMILES string of the molecule is CCC1CCCC(OCC(O)CNCCOC)C1. The van der Waals surface area contributed by atoms with Crippen molar-refractivity contribution in [3.8, 4) is 0 Å². The van der Waals surface area contributed by atoms with Crippen LogP contribution in [0.3, 0.4) is 0 Å². The topological polar surface area (TPSA) is 50.7 Å². The number of ether oxygens (including phenoxy) is 2. The second-order valence-electron chi connectivity index (χ2n) is 5.25. The van der Waals surface area contributed by atoms with Gasteiger partial charge in [0.15, 0.2) is 0 Å². The molecule has 0 bridgehead atoms. The van der Waals surface area contributed by atoms with Gasteiger partial charge in [-0.05, 0) is 18.8 Å². The van der Waals surface area contributed by atoms with Crippen LogP contribution in [0.4, 0.5) is 0 Å². The monoisotopic (exact) mass is 259 g/mol. The highest BCUT2D eigenvalue weighted by atomic mass is 16.5. The Morgan fingerprint density at radius 2 is 2.22 bits per heavy atom. The maximum atomic E-state index is 9.77. The highest BCUT2D eigenvalue weighted by Crippen LogP contribution is 2.28. The molecule has 4 heteroatoms. The molecule has 4 nitrogen and oxygen atoms in total. The molecule has 0 aliphatic heterocycles. The van der Waals surface area contributed by atoms with Gasteiger partial charge in [-0.2, -0.15) is 0 Å². The van der Waals surface area contributed by atoms with Crippen molar-refractivity contribution in [1.29, 1.82) is 0 Å². The zero-order valence-corrected chi connectivity index (χ0v) is 11.9. The first kappa shape index (κ1) is 15.9. The van der Waals surface area contributed by atoms with E-state index < -0.39 is 6.10 Å². The standard InChI is InChI=1S/C14H29NO3/c1-3-12-5-4-6-14(9-12)18-11-13(16)10-15-7-8-17-2/h12-16H,3-11H2,1-2H3. The van der Waals surface area contributed by atoms with Gasteiger partial charge in [0, 0.05) is 20.2 Å². The second-order valence-corrected chi connectivity index (χ2v) is 5.25. The van der Waals surface area contributed by atoms with E-state index in [1.54, 1.807) is 7.11 Å². The number of hydrogen-bond acceptors (Lipinski definition) is 4. The maximum absolute atomic E-state index is 9.77. The summed E-state index contributed by atoms with van der Waals surface area (Å²) in [6.07, 6.45) is 6.13. The van der Waals surface area contributed by atoms with Gasteiger partial charge in [-0.15, -0.1) is 0 Å². The molecule has 3 unspecified atom stereocenters. The quantitative estimate of drug-likeness (QED) is 0.617. The van der Waals surface area contributed by atoms with Crippen molar-refractivity contribution in [3.05, 3.63) is 0 Å². The van der Waals surface area contributed by atoms with E-state index in [-0.39, 0.29) is 0 Å². The van der Waals surface area contributed by atoms with Crippen LogP contribution in [0.2, 0.25) is 0 Å². The third-order valence-electron chi connectivity index (χ3n) is 3.70. The van der Waals surface area contributed by atoms with Gasteiger partial charge in [0.1, 0.15) is 0 Å². The molecule has 3 atom stereocenters. The molecule has 0 aromatic carbocycles. The molecule has 0 radical (unpaired) electrons. The summed E-state index contributed by atoms with van der Waals surface area (Å²) >= 11 is 0. The van der Waals surface area contributed by atoms with E-state index in [1.165, 1.54) is 25.7 Å². The van der Waals surface area contributed by atoms with Gasteiger partial charge >= 0.3 is 0 Å². The van der Waals surface area contributed by atoms with Crippen LogP contribution in [0.15, 0.2) is 0 Å². The van der Waals surface area contributed by atoms with Crippen molar-refractivity contribution < 1.29 is 14.6 Å². The summed E-state index contributed by atoms with van der Waals surface area (Å²) in [4.78, 5) is 0. The zero-order chi connectivity index (χ0) is 13.2. The van der Waals surface area contributed by atoms with E-state index in [2.05, 4.69) is 12.2 Å². The summed E-state index contributed by atoms with van der Waals surface area (Å²) in [5.41, 5.74) is 0. The minimum Gasteiger partial charge on any atom is -0.389 e. The number of methoxy groups -OCH3 is 1. The molecule has 0 aromatic heterocycles. The summed E-state index contributed by atoms with van der Waals surface area (Å²) in [5, 5.41) is 12.9. The summed E-state index contributed by atoms with van der Waals surface area (Å²) in [6, 6.07) is 0. The third-order valence-corrected chi connectivity index (χ3v) is 3.70. The Morgan fingerprint density at radius 1 is 1.39 bits per heavy atom. The Morgan fingerprint density at radius 3 is 2.94 bits per heavy atom. The van der Waals surface area contributed by atoms with Gasteiger partial charge in [-0.1, -0.05) is 26.2 Å². The zero-order valence-electron chi connectivity index (χ0n) is 11.9. The molecule has 2 N–H and O–H groups in total. The lowest BCUT2D eigenvalue weighted by Crippen LogP contribution is -2.34. The predicted molar refractivity (Wildman–Crippen MR) is 72.7 cm³/mol. The molecular weight excluding hydrogens is 230 g/mol. The fraction of sp³-hybridized carbons (Fsp3) is 1.00. The second kappa shape index (κ2) is 9.73. The number of rotatable bonds is 9. The minimum atomic E-state index is -0.413. The van der Waals surface area contributed by atoms with Crippen LogP contribution in [0.1, 0.15) is 39.0 Å². The van der Waals surface area contributed by atoms with Gasteiger partial charge < -0.3 is 19.9 Å². The van der Waals surface area contributed by atoms with Crippen molar-refractivity contribution in [2.75, 3.05) is 33.4 Å². The number of aliphatic hydroxyl groups is 1. The minimum absolute atomic E-state index is 0.359. The molecule has 18 heavy (non-hydrogen) atoms. The molecular formula is C14H29NO3. The fourth-order valence-corrected chi connectivity index (χ4v) is 2.51. The third kappa shape index (κ3) is 6.69. The molecule has 0 heterocycles. The number of aliphatic hydroxyl groups excluding tert-OH is 1. The number of nitrogens with one attached hydrogen (secondary N) is 1. The Labute approximate surface area is 111 Å². The van der Waals surface area contributed by atoms with Crippen LogP contribution < -0.4 is 5.32 Å². The summed E-state index contributed by atoms with van der Waals surface area (Å²) in [7, 11) is 1.68. The fourth-order valence-electron chi connectivity index (χ4n) is 2.51. The summed E-state index contributed by atoms with van der Waals surface area (Å²) < 4.78 is 10.7. The van der Waals surface area contributed by atoms with Crippen LogP contribution in [0.5, 0.6) is 0 Å².